The third kappa shape index (κ3) is 5.31. The zero-order chi connectivity index (χ0) is 26.7. The molecule has 0 fully saturated rings. The summed E-state index contributed by atoms with van der Waals surface area (Å²) in [5.41, 5.74) is 1.76. The quantitative estimate of drug-likeness (QED) is 0.253. The second kappa shape index (κ2) is 10.5. The molecule has 1 unspecified atom stereocenters. The van der Waals surface area contributed by atoms with Gasteiger partial charge in [-0.3, -0.25) is 9.78 Å². The molecule has 5 nitrogen and oxygen atoms in total. The van der Waals surface area contributed by atoms with E-state index in [0.29, 0.717) is 22.5 Å². The highest BCUT2D eigenvalue weighted by atomic mass is 35.5. The van der Waals surface area contributed by atoms with Gasteiger partial charge >= 0.3 is 6.18 Å². The van der Waals surface area contributed by atoms with Crippen molar-refractivity contribution in [1.29, 1.82) is 0 Å². The molecule has 0 saturated carbocycles. The molecule has 0 aliphatic rings. The van der Waals surface area contributed by atoms with Crippen molar-refractivity contribution in [3.63, 3.8) is 0 Å². The van der Waals surface area contributed by atoms with Gasteiger partial charge in [-0.1, -0.05) is 72.3 Å². The van der Waals surface area contributed by atoms with Gasteiger partial charge in [0.25, 0.3) is 5.91 Å². The summed E-state index contributed by atoms with van der Waals surface area (Å²) >= 11 is 6.26. The minimum absolute atomic E-state index is 0.188. The minimum atomic E-state index is -4.64. The minimum Gasteiger partial charge on any atom is -0.340 e. The van der Waals surface area contributed by atoms with Crippen LogP contribution >= 0.6 is 11.6 Å². The first kappa shape index (κ1) is 25.2. The van der Waals surface area contributed by atoms with Gasteiger partial charge in [-0.15, -0.1) is 0 Å². The number of halogens is 4. The number of carbonyl (C=O) groups excluding carboxylic acids is 1. The smallest absolute Gasteiger partial charge is 0.340 e. The number of nitrogens with zero attached hydrogens (tertiary/aromatic N) is 3. The fourth-order valence-electron chi connectivity index (χ4n) is 4.06. The Labute approximate surface area is 221 Å². The molecule has 5 aromatic rings. The fourth-order valence-corrected chi connectivity index (χ4v) is 4.28. The lowest BCUT2D eigenvalue weighted by atomic mass is 10.0. The number of alkyl halides is 3. The van der Waals surface area contributed by atoms with Gasteiger partial charge in [0.05, 0.1) is 28.1 Å². The number of amides is 1. The van der Waals surface area contributed by atoms with Gasteiger partial charge in [0.2, 0.25) is 0 Å². The lowest BCUT2D eigenvalue weighted by Gasteiger charge is -2.19. The highest BCUT2D eigenvalue weighted by Crippen LogP contribution is 2.34. The second-order valence-corrected chi connectivity index (χ2v) is 8.83. The van der Waals surface area contributed by atoms with Gasteiger partial charge in [0.15, 0.2) is 5.69 Å². The van der Waals surface area contributed by atoms with Crippen LogP contribution in [0.25, 0.3) is 16.9 Å². The molecule has 1 amide bonds. The predicted molar refractivity (Wildman–Crippen MR) is 139 cm³/mol. The zero-order valence-corrected chi connectivity index (χ0v) is 20.5. The first-order chi connectivity index (χ1) is 18.3. The number of pyridine rings is 1. The van der Waals surface area contributed by atoms with Gasteiger partial charge < -0.3 is 5.32 Å². The monoisotopic (exact) mass is 532 g/mol. The number of nitrogens with one attached hydrogen (secondary N) is 1. The Bertz CT molecular complexity index is 1510. The van der Waals surface area contributed by atoms with E-state index in [9.17, 15) is 18.0 Å². The SMILES string of the molecule is O=C(NC(c1ccccc1)c1ccccn1)c1ccc(-c2cc(C(F)(F)F)nn2-c2ccccc2Cl)cc1. The number of aromatic nitrogens is 3. The van der Waals surface area contributed by atoms with Crippen molar-refractivity contribution in [3.05, 3.63) is 137 Å². The Hall–Kier alpha value is -4.43. The Morgan fingerprint density at radius 2 is 1.55 bits per heavy atom. The summed E-state index contributed by atoms with van der Waals surface area (Å²) in [5, 5.41) is 7.04. The zero-order valence-electron chi connectivity index (χ0n) is 19.7. The summed E-state index contributed by atoms with van der Waals surface area (Å²) in [6.45, 7) is 0. The summed E-state index contributed by atoms with van der Waals surface area (Å²) in [5.74, 6) is -0.355. The van der Waals surface area contributed by atoms with Crippen LogP contribution in [-0.2, 0) is 6.18 Å². The van der Waals surface area contributed by atoms with Crippen molar-refractivity contribution in [1.82, 2.24) is 20.1 Å². The van der Waals surface area contributed by atoms with Gasteiger partial charge in [0, 0.05) is 17.3 Å². The number of para-hydroxylation sites is 1. The van der Waals surface area contributed by atoms with Crippen molar-refractivity contribution in [2.75, 3.05) is 0 Å². The summed E-state index contributed by atoms with van der Waals surface area (Å²) in [6.07, 6.45) is -2.98. The highest BCUT2D eigenvalue weighted by Gasteiger charge is 2.35. The standard InChI is InChI=1S/C29H20ClF3N4O/c30-22-10-4-5-12-24(22)37-25(18-26(36-37)29(31,32)33)19-13-15-21(16-14-19)28(38)35-27(20-8-2-1-3-9-20)23-11-6-7-17-34-23/h1-18,27H,(H,35,38). The summed E-state index contributed by atoms with van der Waals surface area (Å²) in [4.78, 5) is 17.6. The maximum atomic E-state index is 13.5. The molecular formula is C29H20ClF3N4O. The van der Waals surface area contributed by atoms with E-state index < -0.39 is 17.9 Å². The van der Waals surface area contributed by atoms with Gasteiger partial charge in [0.1, 0.15) is 0 Å². The summed E-state index contributed by atoms with van der Waals surface area (Å²) < 4.78 is 41.7. The van der Waals surface area contributed by atoms with Gasteiger partial charge in [-0.2, -0.15) is 18.3 Å². The van der Waals surface area contributed by atoms with Crippen LogP contribution < -0.4 is 5.32 Å². The Balaban J connectivity index is 1.46. The van der Waals surface area contributed by atoms with Crippen LogP contribution in [0.4, 0.5) is 13.2 Å². The molecule has 2 heterocycles. The Morgan fingerprint density at radius 3 is 2.21 bits per heavy atom. The molecule has 3 aromatic carbocycles. The normalized spacial score (nSPS) is 12.2. The molecule has 9 heteroatoms. The molecule has 0 aliphatic heterocycles. The Morgan fingerprint density at radius 1 is 0.868 bits per heavy atom. The van der Waals surface area contributed by atoms with E-state index in [1.807, 2.05) is 42.5 Å². The van der Waals surface area contributed by atoms with Gasteiger partial charge in [-0.25, -0.2) is 4.68 Å². The number of rotatable bonds is 6. The van der Waals surface area contributed by atoms with E-state index in [-0.39, 0.29) is 16.6 Å². The van der Waals surface area contributed by atoms with Crippen LogP contribution in [0.2, 0.25) is 5.02 Å². The van der Waals surface area contributed by atoms with Crippen LogP contribution in [0.3, 0.4) is 0 Å². The average Bonchev–Trinajstić information content (AvgIpc) is 3.39. The Kier molecular flexibility index (Phi) is 6.98. The summed E-state index contributed by atoms with van der Waals surface area (Å²) in [6, 6.07) is 28.2. The third-order valence-electron chi connectivity index (χ3n) is 5.92. The van der Waals surface area contributed by atoms with E-state index in [0.717, 1.165) is 16.3 Å². The number of hydrogen-bond acceptors (Lipinski definition) is 3. The number of benzene rings is 3. The molecule has 1 N–H and O–H groups in total. The molecule has 190 valence electrons. The van der Waals surface area contributed by atoms with Crippen LogP contribution in [-0.4, -0.2) is 20.7 Å². The first-order valence-electron chi connectivity index (χ1n) is 11.6. The largest absolute Gasteiger partial charge is 0.435 e. The third-order valence-corrected chi connectivity index (χ3v) is 6.23. The molecule has 2 aromatic heterocycles. The van der Waals surface area contributed by atoms with Crippen LogP contribution in [0.5, 0.6) is 0 Å². The first-order valence-corrected chi connectivity index (χ1v) is 12.0. The van der Waals surface area contributed by atoms with Crippen LogP contribution in [0.15, 0.2) is 109 Å². The molecule has 1 atom stereocenters. The van der Waals surface area contributed by atoms with E-state index in [2.05, 4.69) is 15.4 Å². The van der Waals surface area contributed by atoms with E-state index >= 15 is 0 Å². The van der Waals surface area contributed by atoms with Crippen molar-refractivity contribution in [3.8, 4) is 16.9 Å². The fraction of sp³-hybridized carbons (Fsp3) is 0.0690. The lowest BCUT2D eigenvalue weighted by molar-refractivity contribution is -0.141. The lowest BCUT2D eigenvalue weighted by Crippen LogP contribution is -2.29. The van der Waals surface area contributed by atoms with E-state index in [1.165, 1.54) is 0 Å². The maximum Gasteiger partial charge on any atom is 0.435 e. The van der Waals surface area contributed by atoms with Crippen molar-refractivity contribution in [2.24, 2.45) is 0 Å². The molecule has 0 saturated heterocycles. The van der Waals surface area contributed by atoms with E-state index in [1.54, 1.807) is 60.8 Å². The number of hydrogen-bond donors (Lipinski definition) is 1. The van der Waals surface area contributed by atoms with Gasteiger partial charge in [-0.05, 0) is 48.0 Å². The van der Waals surface area contributed by atoms with Crippen molar-refractivity contribution >= 4 is 17.5 Å². The molecule has 0 radical (unpaired) electrons. The molecule has 5 rings (SSSR count). The summed E-state index contributed by atoms with van der Waals surface area (Å²) in [7, 11) is 0. The second-order valence-electron chi connectivity index (χ2n) is 8.42. The molecular weight excluding hydrogens is 513 g/mol. The maximum absolute atomic E-state index is 13.5. The van der Waals surface area contributed by atoms with Crippen molar-refractivity contribution < 1.29 is 18.0 Å². The molecule has 0 spiro atoms. The highest BCUT2D eigenvalue weighted by molar-refractivity contribution is 6.32. The average molecular weight is 533 g/mol. The van der Waals surface area contributed by atoms with Crippen molar-refractivity contribution in [2.45, 2.75) is 12.2 Å². The number of carbonyl (C=O) groups is 1. The van der Waals surface area contributed by atoms with Crippen LogP contribution in [0.1, 0.15) is 33.4 Å². The van der Waals surface area contributed by atoms with E-state index in [4.69, 9.17) is 11.6 Å². The topological polar surface area (TPSA) is 59.8 Å². The molecule has 0 aliphatic carbocycles. The molecule has 38 heavy (non-hydrogen) atoms. The van der Waals surface area contributed by atoms with Crippen LogP contribution in [0, 0.1) is 0 Å². The predicted octanol–water partition coefficient (Wildman–Crippen LogP) is 7.13. The molecule has 0 bridgehead atoms.